The van der Waals surface area contributed by atoms with Crippen LogP contribution in [0, 0.1) is 0 Å². The Hall–Kier alpha value is -6.58. The van der Waals surface area contributed by atoms with Crippen molar-refractivity contribution in [1.82, 2.24) is 0 Å². The Kier molecular flexibility index (Phi) is 7.44. The summed E-state index contributed by atoms with van der Waals surface area (Å²) >= 11 is 3.79. The minimum atomic E-state index is 0.880. The van der Waals surface area contributed by atoms with Crippen LogP contribution in [0.3, 0.4) is 0 Å². The maximum Gasteiger partial charge on any atom is 0.0433 e. The molecule has 0 unspecified atom stereocenters. The van der Waals surface area contributed by atoms with Crippen molar-refractivity contribution in [2.45, 2.75) is 6.42 Å². The Labute approximate surface area is 338 Å². The van der Waals surface area contributed by atoms with Crippen molar-refractivity contribution in [1.29, 1.82) is 0 Å². The lowest BCUT2D eigenvalue weighted by molar-refractivity contribution is 1.31. The number of hydrogen-bond donors (Lipinski definition) is 0. The molecule has 0 bridgehead atoms. The first-order valence-corrected chi connectivity index (χ1v) is 21.3. The van der Waals surface area contributed by atoms with Crippen LogP contribution in [-0.4, -0.2) is 0 Å². The molecule has 0 atom stereocenters. The lowest BCUT2D eigenvalue weighted by Gasteiger charge is -2.16. The van der Waals surface area contributed by atoms with Gasteiger partial charge in [0.15, 0.2) is 0 Å². The summed E-state index contributed by atoms with van der Waals surface area (Å²) in [5.41, 5.74) is 12.7. The quantitative estimate of drug-likeness (QED) is 0.157. The van der Waals surface area contributed by atoms with Crippen molar-refractivity contribution >= 4 is 96.2 Å². The van der Waals surface area contributed by atoms with Gasteiger partial charge >= 0.3 is 0 Å². The van der Waals surface area contributed by atoms with Gasteiger partial charge in [-0.15, -0.1) is 22.7 Å². The van der Waals surface area contributed by atoms with Crippen molar-refractivity contribution in [2.24, 2.45) is 0 Å². The summed E-state index contributed by atoms with van der Waals surface area (Å²) in [7, 11) is 0. The van der Waals surface area contributed by atoms with Crippen molar-refractivity contribution in [3.8, 4) is 33.4 Å². The van der Waals surface area contributed by atoms with E-state index in [1.54, 1.807) is 0 Å². The highest BCUT2D eigenvalue weighted by Gasteiger charge is 2.18. The van der Waals surface area contributed by atoms with Crippen LogP contribution in [0.2, 0.25) is 0 Å². The van der Waals surface area contributed by atoms with E-state index in [4.69, 9.17) is 0 Å². The molecule has 0 fully saturated rings. The maximum atomic E-state index is 2.45. The van der Waals surface area contributed by atoms with Gasteiger partial charge < -0.3 is 0 Å². The molecule has 0 saturated carbocycles. The Morgan fingerprint density at radius 2 is 0.860 bits per heavy atom. The van der Waals surface area contributed by atoms with E-state index in [-0.39, 0.29) is 0 Å². The van der Waals surface area contributed by atoms with Gasteiger partial charge in [0.1, 0.15) is 0 Å². The number of rotatable bonds is 4. The summed E-state index contributed by atoms with van der Waals surface area (Å²) in [6.07, 6.45) is 8.03. The third-order valence-electron chi connectivity index (χ3n) is 11.9. The summed E-state index contributed by atoms with van der Waals surface area (Å²) in [5, 5.41) is 10.6. The van der Waals surface area contributed by atoms with Crippen LogP contribution in [-0.2, 0) is 6.42 Å². The Morgan fingerprint density at radius 1 is 0.351 bits per heavy atom. The van der Waals surface area contributed by atoms with E-state index >= 15 is 0 Å². The van der Waals surface area contributed by atoms with E-state index in [0.29, 0.717) is 0 Å². The van der Waals surface area contributed by atoms with Gasteiger partial charge in [-0.05, 0) is 120 Å². The lowest BCUT2D eigenvalue weighted by atomic mass is 9.88. The molecule has 0 nitrogen and oxygen atoms in total. The molecule has 57 heavy (non-hydrogen) atoms. The molecule has 0 radical (unpaired) electrons. The highest BCUT2D eigenvalue weighted by Crippen LogP contribution is 2.44. The fourth-order valence-corrected chi connectivity index (χ4v) is 11.7. The van der Waals surface area contributed by atoms with Crippen molar-refractivity contribution < 1.29 is 0 Å². The number of fused-ring (bicyclic) bond motifs is 12. The zero-order valence-electron chi connectivity index (χ0n) is 31.0. The first-order valence-electron chi connectivity index (χ1n) is 19.6. The topological polar surface area (TPSA) is 0 Å². The fraction of sp³-hybridized carbons (Fsp3) is 0.0182. The maximum absolute atomic E-state index is 2.45. The fourth-order valence-electron chi connectivity index (χ4n) is 9.22. The van der Waals surface area contributed by atoms with Gasteiger partial charge in [-0.2, -0.15) is 0 Å². The average molecular weight is 759 g/mol. The molecule has 2 heteroatoms. The van der Waals surface area contributed by atoms with Crippen LogP contribution < -0.4 is 0 Å². The first-order chi connectivity index (χ1) is 28.2. The van der Waals surface area contributed by atoms with Crippen LogP contribution in [0.1, 0.15) is 16.7 Å². The van der Waals surface area contributed by atoms with Crippen LogP contribution in [0.25, 0.3) is 107 Å². The molecule has 0 N–H and O–H groups in total. The zero-order valence-corrected chi connectivity index (χ0v) is 32.6. The summed E-state index contributed by atoms with van der Waals surface area (Å²) in [6.45, 7) is 0. The van der Waals surface area contributed by atoms with Gasteiger partial charge in [-0.1, -0.05) is 158 Å². The summed E-state index contributed by atoms with van der Waals surface area (Å²) in [5.74, 6) is 0. The molecule has 0 amide bonds. The molecule has 266 valence electrons. The summed E-state index contributed by atoms with van der Waals surface area (Å²) in [6, 6.07) is 65.4. The van der Waals surface area contributed by atoms with E-state index in [2.05, 4.69) is 194 Å². The van der Waals surface area contributed by atoms with Crippen LogP contribution in [0.4, 0.5) is 0 Å². The predicted molar refractivity (Wildman–Crippen MR) is 251 cm³/mol. The second-order valence-electron chi connectivity index (χ2n) is 15.1. The average Bonchev–Trinajstić information content (AvgIpc) is 3.76. The van der Waals surface area contributed by atoms with Gasteiger partial charge in [0, 0.05) is 40.3 Å². The van der Waals surface area contributed by atoms with Crippen molar-refractivity contribution in [3.05, 3.63) is 205 Å². The normalized spacial score (nSPS) is 12.9. The second kappa shape index (κ2) is 13.0. The molecule has 9 aromatic carbocycles. The van der Waals surface area contributed by atoms with Gasteiger partial charge in [-0.3, -0.25) is 0 Å². The van der Waals surface area contributed by atoms with Crippen LogP contribution in [0.15, 0.2) is 188 Å². The monoisotopic (exact) mass is 758 g/mol. The number of hydrogen-bond acceptors (Lipinski definition) is 2. The predicted octanol–water partition coefficient (Wildman–Crippen LogP) is 16.4. The van der Waals surface area contributed by atoms with E-state index in [1.807, 2.05) is 22.7 Å². The summed E-state index contributed by atoms with van der Waals surface area (Å²) in [4.78, 5) is 0. The molecule has 2 aromatic heterocycles. The van der Waals surface area contributed by atoms with Gasteiger partial charge in [0.05, 0.1) is 0 Å². The van der Waals surface area contributed by atoms with E-state index in [9.17, 15) is 0 Å². The number of thiophene rings is 2. The zero-order chi connectivity index (χ0) is 37.5. The highest BCUT2D eigenvalue weighted by atomic mass is 32.1. The molecule has 1 aliphatic carbocycles. The highest BCUT2D eigenvalue weighted by molar-refractivity contribution is 7.26. The Balaban J connectivity index is 1.01. The SMILES string of the molecule is C1=CC(c2cccc(-c3cccc4c3sc3ccccc34)c2)=Cc2c(c3ccccc3c3ccc(-c4cccc(-c5cccc6c5sc5ccccc56)c4)cc23)C1. The van der Waals surface area contributed by atoms with E-state index < -0.39 is 0 Å². The Bertz CT molecular complexity index is 3500. The van der Waals surface area contributed by atoms with Crippen LogP contribution in [0.5, 0.6) is 0 Å². The number of benzene rings is 9. The van der Waals surface area contributed by atoms with Crippen molar-refractivity contribution in [2.75, 3.05) is 0 Å². The van der Waals surface area contributed by atoms with Gasteiger partial charge in [-0.25, -0.2) is 0 Å². The molecule has 12 rings (SSSR count). The minimum Gasteiger partial charge on any atom is -0.135 e. The molecule has 11 aromatic rings. The lowest BCUT2D eigenvalue weighted by Crippen LogP contribution is -1.93. The number of allylic oxidation sites excluding steroid dienone is 3. The second-order valence-corrected chi connectivity index (χ2v) is 17.2. The standard InChI is InChI=1S/C55H34S2/c1-2-18-43-42(17-1)44-23-9-14-36(34-12-7-15-38(30-34)40-21-10-24-48-46-19-3-5-26-52(46)56-54(40)48)32-50(44)51-33-37(28-29-45(43)51)35-13-8-16-39(31-35)41-22-11-25-49-47-20-4-6-27-53(47)57-55(41)49/h1-22,24-33H,23H2. The van der Waals surface area contributed by atoms with Crippen molar-refractivity contribution in [3.63, 3.8) is 0 Å². The summed E-state index contributed by atoms with van der Waals surface area (Å²) < 4.78 is 5.36. The third-order valence-corrected chi connectivity index (χ3v) is 14.4. The molecule has 0 aliphatic heterocycles. The molecular formula is C55H34S2. The van der Waals surface area contributed by atoms with E-state index in [0.717, 1.165) is 6.42 Å². The molecule has 0 saturated heterocycles. The van der Waals surface area contributed by atoms with E-state index in [1.165, 1.54) is 118 Å². The molecule has 2 heterocycles. The molecule has 1 aliphatic rings. The largest absolute Gasteiger partial charge is 0.135 e. The van der Waals surface area contributed by atoms with Gasteiger partial charge in [0.25, 0.3) is 0 Å². The Morgan fingerprint density at radius 3 is 1.54 bits per heavy atom. The molecule has 0 spiro atoms. The first kappa shape index (κ1) is 32.6. The minimum absolute atomic E-state index is 0.880. The third kappa shape index (κ3) is 5.26. The molecular weight excluding hydrogens is 725 g/mol. The van der Waals surface area contributed by atoms with Gasteiger partial charge in [0.2, 0.25) is 0 Å². The van der Waals surface area contributed by atoms with Crippen LogP contribution >= 0.6 is 22.7 Å². The smallest absolute Gasteiger partial charge is 0.0433 e.